The molecule has 1 amide bonds. The van der Waals surface area contributed by atoms with E-state index in [0.717, 1.165) is 48.2 Å². The summed E-state index contributed by atoms with van der Waals surface area (Å²) < 4.78 is 7.58. The van der Waals surface area contributed by atoms with E-state index in [2.05, 4.69) is 41.4 Å². The second kappa shape index (κ2) is 9.49. The number of carbonyl (C=O) groups excluding carboxylic acids is 1. The number of pyridine rings is 1. The Bertz CT molecular complexity index is 1100. The number of hydrogen-bond donors (Lipinski definition) is 1. The molecule has 166 valence electrons. The zero-order valence-corrected chi connectivity index (χ0v) is 18.9. The summed E-state index contributed by atoms with van der Waals surface area (Å²) in [6, 6.07) is 10.1. The van der Waals surface area contributed by atoms with Crippen LogP contribution in [0.1, 0.15) is 37.8 Å². The summed E-state index contributed by atoms with van der Waals surface area (Å²) in [5, 5.41) is 7.16. The molecular weight excluding hydrogens is 400 g/mol. The lowest BCUT2D eigenvalue weighted by molar-refractivity contribution is -0.111. The Morgan fingerprint density at radius 2 is 2.06 bits per heavy atom. The van der Waals surface area contributed by atoms with E-state index in [4.69, 9.17) is 4.74 Å². The minimum absolute atomic E-state index is 0.0334. The van der Waals surface area contributed by atoms with Crippen LogP contribution in [0, 0.1) is 5.92 Å². The molecule has 1 aliphatic heterocycles. The molecule has 1 atom stereocenters. The fourth-order valence-corrected chi connectivity index (χ4v) is 4.30. The van der Waals surface area contributed by atoms with Crippen molar-refractivity contribution < 1.29 is 9.53 Å². The van der Waals surface area contributed by atoms with Gasteiger partial charge in [-0.25, -0.2) is 0 Å². The first kappa shape index (κ1) is 22.0. The van der Waals surface area contributed by atoms with E-state index in [0.29, 0.717) is 5.92 Å². The number of aromatic nitrogens is 3. The summed E-state index contributed by atoms with van der Waals surface area (Å²) in [7, 11) is 1.88. The van der Waals surface area contributed by atoms with Gasteiger partial charge in [0.25, 0.3) is 0 Å². The standard InChI is InChI=1S/C26H30N4O2/c1-26(2)15-20(11-13-32-26)14-19-4-7-23(8-5-19)29-25(31)9-6-21-16-27-12-10-24(21)22-17-28-30(3)18-22/h4-10,12,16-18,20H,11,13-15H2,1-3H3,(H,29,31)/b9-6+. The van der Waals surface area contributed by atoms with Gasteiger partial charge in [0, 0.05) is 55.1 Å². The third kappa shape index (κ3) is 5.71. The van der Waals surface area contributed by atoms with Crippen LogP contribution >= 0.6 is 0 Å². The van der Waals surface area contributed by atoms with Gasteiger partial charge in [-0.2, -0.15) is 5.10 Å². The summed E-state index contributed by atoms with van der Waals surface area (Å²) >= 11 is 0. The molecule has 0 spiro atoms. The number of nitrogens with one attached hydrogen (secondary N) is 1. The molecule has 1 unspecified atom stereocenters. The predicted octanol–water partition coefficient (Wildman–Crippen LogP) is 4.88. The van der Waals surface area contributed by atoms with Crippen LogP contribution in [-0.4, -0.2) is 32.9 Å². The Morgan fingerprint density at radius 1 is 1.25 bits per heavy atom. The van der Waals surface area contributed by atoms with Crippen molar-refractivity contribution in [1.29, 1.82) is 0 Å². The maximum absolute atomic E-state index is 12.5. The van der Waals surface area contributed by atoms with Gasteiger partial charge in [0.2, 0.25) is 5.91 Å². The van der Waals surface area contributed by atoms with E-state index in [1.165, 1.54) is 11.6 Å². The summed E-state index contributed by atoms with van der Waals surface area (Å²) in [5.74, 6) is 0.459. The minimum atomic E-state index is -0.176. The highest BCUT2D eigenvalue weighted by molar-refractivity contribution is 6.02. The number of benzene rings is 1. The number of amides is 1. The number of carbonyl (C=O) groups is 1. The van der Waals surface area contributed by atoms with Crippen molar-refractivity contribution in [3.63, 3.8) is 0 Å². The molecule has 0 bridgehead atoms. The molecule has 6 nitrogen and oxygen atoms in total. The highest BCUT2D eigenvalue weighted by Gasteiger charge is 2.28. The third-order valence-corrected chi connectivity index (χ3v) is 5.83. The first-order valence-corrected chi connectivity index (χ1v) is 11.0. The smallest absolute Gasteiger partial charge is 0.248 e. The molecule has 3 aromatic rings. The molecule has 32 heavy (non-hydrogen) atoms. The number of anilines is 1. The van der Waals surface area contributed by atoms with E-state index in [9.17, 15) is 4.79 Å². The molecule has 0 aliphatic carbocycles. The normalized spacial score (nSPS) is 18.0. The fourth-order valence-electron chi connectivity index (χ4n) is 4.30. The van der Waals surface area contributed by atoms with E-state index < -0.39 is 0 Å². The van der Waals surface area contributed by atoms with Crippen molar-refractivity contribution in [3.05, 3.63) is 72.3 Å². The van der Waals surface area contributed by atoms with Crippen LogP contribution < -0.4 is 5.32 Å². The number of hydrogen-bond acceptors (Lipinski definition) is 4. The lowest BCUT2D eigenvalue weighted by Crippen LogP contribution is -2.34. The van der Waals surface area contributed by atoms with Gasteiger partial charge in [-0.1, -0.05) is 12.1 Å². The summed E-state index contributed by atoms with van der Waals surface area (Å²) in [6.45, 7) is 5.16. The molecule has 1 aromatic carbocycles. The molecule has 3 heterocycles. The SMILES string of the molecule is Cn1cc(-c2ccncc2/C=C/C(=O)Nc2ccc(CC3CCOC(C)(C)C3)cc2)cn1. The Balaban J connectivity index is 1.36. The van der Waals surface area contributed by atoms with Gasteiger partial charge in [-0.3, -0.25) is 14.5 Å². The molecule has 0 radical (unpaired) electrons. The lowest BCUT2D eigenvalue weighted by atomic mass is 9.84. The number of ether oxygens (including phenoxy) is 1. The maximum atomic E-state index is 12.5. The maximum Gasteiger partial charge on any atom is 0.248 e. The molecule has 4 rings (SSSR count). The van der Waals surface area contributed by atoms with Crippen molar-refractivity contribution in [3.8, 4) is 11.1 Å². The Hall–Kier alpha value is -3.25. The van der Waals surface area contributed by atoms with Gasteiger partial charge in [-0.05, 0) is 74.4 Å². The van der Waals surface area contributed by atoms with Gasteiger partial charge in [0.15, 0.2) is 0 Å². The summed E-state index contributed by atoms with van der Waals surface area (Å²) in [6.07, 6.45) is 13.8. The molecule has 6 heteroatoms. The van der Waals surface area contributed by atoms with E-state index in [1.807, 2.05) is 31.4 Å². The first-order valence-electron chi connectivity index (χ1n) is 11.0. The predicted molar refractivity (Wildman–Crippen MR) is 127 cm³/mol. The number of aryl methyl sites for hydroxylation is 1. The topological polar surface area (TPSA) is 69.0 Å². The molecule has 0 saturated carbocycles. The average molecular weight is 431 g/mol. The Morgan fingerprint density at radius 3 is 2.78 bits per heavy atom. The lowest BCUT2D eigenvalue weighted by Gasteiger charge is -2.35. The Labute approximate surface area is 189 Å². The van der Waals surface area contributed by atoms with Crippen molar-refractivity contribution in [2.24, 2.45) is 13.0 Å². The van der Waals surface area contributed by atoms with Gasteiger partial charge < -0.3 is 10.1 Å². The molecule has 1 saturated heterocycles. The molecular formula is C26H30N4O2. The highest BCUT2D eigenvalue weighted by atomic mass is 16.5. The van der Waals surface area contributed by atoms with Gasteiger partial charge in [0.1, 0.15) is 0 Å². The van der Waals surface area contributed by atoms with E-state index in [1.54, 1.807) is 29.3 Å². The average Bonchev–Trinajstić information content (AvgIpc) is 3.19. The van der Waals surface area contributed by atoms with Gasteiger partial charge in [0.05, 0.1) is 11.8 Å². The summed E-state index contributed by atoms with van der Waals surface area (Å²) in [4.78, 5) is 16.7. The van der Waals surface area contributed by atoms with Crippen LogP contribution in [0.3, 0.4) is 0 Å². The van der Waals surface area contributed by atoms with Gasteiger partial charge >= 0.3 is 0 Å². The van der Waals surface area contributed by atoms with Crippen molar-refractivity contribution in [1.82, 2.24) is 14.8 Å². The van der Waals surface area contributed by atoms with Crippen LogP contribution in [0.25, 0.3) is 17.2 Å². The zero-order valence-electron chi connectivity index (χ0n) is 18.9. The molecule has 1 N–H and O–H groups in total. The minimum Gasteiger partial charge on any atom is -0.376 e. The largest absolute Gasteiger partial charge is 0.376 e. The third-order valence-electron chi connectivity index (χ3n) is 5.83. The Kier molecular flexibility index (Phi) is 6.51. The molecule has 1 aliphatic rings. The number of rotatable bonds is 6. The quantitative estimate of drug-likeness (QED) is 0.566. The van der Waals surface area contributed by atoms with Crippen LogP contribution in [0.5, 0.6) is 0 Å². The first-order chi connectivity index (χ1) is 15.4. The zero-order chi connectivity index (χ0) is 22.6. The van der Waals surface area contributed by atoms with Crippen LogP contribution in [-0.2, 0) is 23.0 Å². The second-order valence-electron chi connectivity index (χ2n) is 9.06. The van der Waals surface area contributed by atoms with E-state index >= 15 is 0 Å². The van der Waals surface area contributed by atoms with Crippen LogP contribution in [0.15, 0.2) is 61.2 Å². The summed E-state index contributed by atoms with van der Waals surface area (Å²) in [5.41, 5.74) is 4.88. The highest BCUT2D eigenvalue weighted by Crippen LogP contribution is 2.31. The van der Waals surface area contributed by atoms with E-state index in [-0.39, 0.29) is 11.5 Å². The second-order valence-corrected chi connectivity index (χ2v) is 9.06. The van der Waals surface area contributed by atoms with Crippen molar-refractivity contribution in [2.45, 2.75) is 38.7 Å². The molecule has 2 aromatic heterocycles. The van der Waals surface area contributed by atoms with Crippen LogP contribution in [0.2, 0.25) is 0 Å². The van der Waals surface area contributed by atoms with Gasteiger partial charge in [-0.15, -0.1) is 0 Å². The monoisotopic (exact) mass is 430 g/mol. The van der Waals surface area contributed by atoms with Crippen molar-refractivity contribution in [2.75, 3.05) is 11.9 Å². The van der Waals surface area contributed by atoms with Crippen molar-refractivity contribution >= 4 is 17.7 Å². The van der Waals surface area contributed by atoms with Crippen LogP contribution in [0.4, 0.5) is 5.69 Å². The number of nitrogens with zero attached hydrogens (tertiary/aromatic N) is 3. The fraction of sp³-hybridized carbons (Fsp3) is 0.346. The molecule has 1 fully saturated rings.